The lowest BCUT2D eigenvalue weighted by atomic mass is 10.1. The van der Waals surface area contributed by atoms with Crippen molar-refractivity contribution in [3.8, 4) is 34.3 Å². The molecule has 11 heteroatoms. The molecule has 0 aliphatic rings. The molecule has 2 aromatic heterocycles. The Morgan fingerprint density at radius 3 is 2.40 bits per heavy atom. The molecule has 0 unspecified atom stereocenters. The van der Waals surface area contributed by atoms with Crippen molar-refractivity contribution in [3.63, 3.8) is 0 Å². The van der Waals surface area contributed by atoms with Crippen LogP contribution < -0.4 is 5.32 Å². The van der Waals surface area contributed by atoms with Gasteiger partial charge in [0.15, 0.2) is 9.84 Å². The zero-order valence-corrected chi connectivity index (χ0v) is 19.9. The zero-order valence-electron chi connectivity index (χ0n) is 19.1. The third-order valence-corrected chi connectivity index (χ3v) is 7.41. The highest BCUT2D eigenvalue weighted by atomic mass is 32.2. The van der Waals surface area contributed by atoms with Gasteiger partial charge in [-0.05, 0) is 43.7 Å². The van der Waals surface area contributed by atoms with E-state index >= 15 is 0 Å². The lowest BCUT2D eigenvalue weighted by Crippen LogP contribution is -2.16. The van der Waals surface area contributed by atoms with Crippen LogP contribution in [0.4, 0.5) is 8.78 Å². The van der Waals surface area contributed by atoms with Crippen molar-refractivity contribution in [1.29, 1.82) is 0 Å². The first-order valence-corrected chi connectivity index (χ1v) is 12.4. The van der Waals surface area contributed by atoms with E-state index in [1.807, 2.05) is 0 Å². The van der Waals surface area contributed by atoms with Crippen LogP contribution in [0, 0.1) is 5.82 Å². The van der Waals surface area contributed by atoms with Gasteiger partial charge in [0.05, 0.1) is 33.8 Å². The Kier molecular flexibility index (Phi) is 7.27. The van der Waals surface area contributed by atoms with Crippen LogP contribution in [0.15, 0.2) is 64.2 Å². The van der Waals surface area contributed by atoms with Gasteiger partial charge in [0, 0.05) is 18.7 Å². The van der Waals surface area contributed by atoms with Gasteiger partial charge in [0.25, 0.3) is 11.8 Å². The molecule has 2 heterocycles. The Morgan fingerprint density at radius 2 is 1.71 bits per heavy atom. The van der Waals surface area contributed by atoms with Gasteiger partial charge in [0.2, 0.25) is 0 Å². The number of hydrogen-bond acceptors (Lipinski definition) is 8. The lowest BCUT2D eigenvalue weighted by Gasteiger charge is -2.08. The van der Waals surface area contributed by atoms with Gasteiger partial charge >= 0.3 is 0 Å². The van der Waals surface area contributed by atoms with Crippen LogP contribution in [-0.4, -0.2) is 47.1 Å². The fourth-order valence-electron chi connectivity index (χ4n) is 3.27. The lowest BCUT2D eigenvalue weighted by molar-refractivity contribution is 0.466. The standard InChI is InChI=1S/C24H23F2N5O3S/c1-15(2)35(32,33)18-6-4-17(5-7-18)21-13-28-14-22(29-21)24-31-30-23(34-24)19-8-3-16(11-20(19)26)12-27-10-9-25/h3-8,11,13-15,27H,9-10,12H2,1-2H3. The number of nitrogens with zero attached hydrogens (tertiary/aromatic N) is 4. The van der Waals surface area contributed by atoms with Crippen molar-refractivity contribution in [3.05, 3.63) is 66.2 Å². The molecule has 0 amide bonds. The summed E-state index contributed by atoms with van der Waals surface area (Å²) in [7, 11) is -3.38. The van der Waals surface area contributed by atoms with Gasteiger partial charge in [-0.15, -0.1) is 10.2 Å². The minimum Gasteiger partial charge on any atom is -0.414 e. The quantitative estimate of drug-likeness (QED) is 0.341. The third kappa shape index (κ3) is 5.41. The number of rotatable bonds is 9. The molecular formula is C24H23F2N5O3S. The molecule has 0 bridgehead atoms. The molecule has 0 aliphatic heterocycles. The van der Waals surface area contributed by atoms with Crippen molar-refractivity contribution in [2.45, 2.75) is 30.5 Å². The van der Waals surface area contributed by atoms with E-state index in [0.29, 0.717) is 23.4 Å². The Bertz CT molecular complexity index is 1420. The summed E-state index contributed by atoms with van der Waals surface area (Å²) in [5.74, 6) is -0.506. The molecule has 182 valence electrons. The second-order valence-corrected chi connectivity index (χ2v) is 10.5. The van der Waals surface area contributed by atoms with Crippen LogP contribution in [0.1, 0.15) is 19.4 Å². The van der Waals surface area contributed by atoms with Crippen LogP contribution in [0.3, 0.4) is 0 Å². The van der Waals surface area contributed by atoms with E-state index in [0.717, 1.165) is 0 Å². The van der Waals surface area contributed by atoms with Crippen molar-refractivity contribution in [2.24, 2.45) is 0 Å². The molecule has 35 heavy (non-hydrogen) atoms. The number of nitrogens with one attached hydrogen (secondary N) is 1. The van der Waals surface area contributed by atoms with Crippen LogP contribution in [-0.2, 0) is 16.4 Å². The summed E-state index contributed by atoms with van der Waals surface area (Å²) in [6.07, 6.45) is 2.97. The molecule has 4 rings (SSSR count). The number of aromatic nitrogens is 4. The molecule has 0 saturated carbocycles. The van der Waals surface area contributed by atoms with Crippen LogP contribution in [0.5, 0.6) is 0 Å². The molecule has 0 spiro atoms. The first kappa shape index (κ1) is 24.6. The highest BCUT2D eigenvalue weighted by molar-refractivity contribution is 7.92. The smallest absolute Gasteiger partial charge is 0.268 e. The normalized spacial score (nSPS) is 11.8. The van der Waals surface area contributed by atoms with Crippen molar-refractivity contribution in [2.75, 3.05) is 13.2 Å². The van der Waals surface area contributed by atoms with Gasteiger partial charge in [-0.3, -0.25) is 4.98 Å². The minimum atomic E-state index is -3.38. The molecule has 2 aromatic carbocycles. The number of hydrogen-bond donors (Lipinski definition) is 1. The zero-order chi connectivity index (χ0) is 25.0. The highest BCUT2D eigenvalue weighted by Gasteiger charge is 2.20. The van der Waals surface area contributed by atoms with Gasteiger partial charge in [-0.25, -0.2) is 22.2 Å². The summed E-state index contributed by atoms with van der Waals surface area (Å²) >= 11 is 0. The molecule has 0 saturated heterocycles. The first-order chi connectivity index (χ1) is 16.8. The fourth-order valence-corrected chi connectivity index (χ4v) is 4.33. The molecular weight excluding hydrogens is 476 g/mol. The molecule has 0 aliphatic carbocycles. The highest BCUT2D eigenvalue weighted by Crippen LogP contribution is 2.27. The third-order valence-electron chi connectivity index (χ3n) is 5.24. The van der Waals surface area contributed by atoms with Gasteiger partial charge < -0.3 is 9.73 Å². The van der Waals surface area contributed by atoms with Gasteiger partial charge in [-0.1, -0.05) is 18.2 Å². The maximum Gasteiger partial charge on any atom is 0.268 e. The first-order valence-electron chi connectivity index (χ1n) is 10.9. The van der Waals surface area contributed by atoms with E-state index in [1.165, 1.54) is 36.7 Å². The second-order valence-electron chi connectivity index (χ2n) is 8.00. The summed E-state index contributed by atoms with van der Waals surface area (Å²) < 4.78 is 57.2. The summed E-state index contributed by atoms with van der Waals surface area (Å²) in [5.41, 5.74) is 2.21. The average Bonchev–Trinajstić information content (AvgIpc) is 3.34. The van der Waals surface area contributed by atoms with E-state index in [1.54, 1.807) is 32.0 Å². The maximum atomic E-state index is 14.6. The number of halogens is 2. The minimum absolute atomic E-state index is 0.0174. The van der Waals surface area contributed by atoms with E-state index in [-0.39, 0.29) is 34.5 Å². The van der Waals surface area contributed by atoms with Crippen molar-refractivity contribution >= 4 is 9.84 Å². The van der Waals surface area contributed by atoms with E-state index in [9.17, 15) is 17.2 Å². The van der Waals surface area contributed by atoms with Crippen LogP contribution >= 0.6 is 0 Å². The molecule has 0 radical (unpaired) electrons. The Hall–Kier alpha value is -3.57. The maximum absolute atomic E-state index is 14.6. The average molecular weight is 500 g/mol. The molecule has 1 N–H and O–H groups in total. The summed E-state index contributed by atoms with van der Waals surface area (Å²) in [6.45, 7) is 3.29. The van der Waals surface area contributed by atoms with Crippen LogP contribution in [0.25, 0.3) is 34.3 Å². The monoisotopic (exact) mass is 499 g/mol. The molecule has 0 atom stereocenters. The predicted molar refractivity (Wildman–Crippen MR) is 126 cm³/mol. The SMILES string of the molecule is CC(C)S(=O)(=O)c1ccc(-c2cncc(-c3nnc(-c4ccc(CNCCF)cc4F)o3)n2)cc1. The predicted octanol–water partition coefficient (Wildman–Crippen LogP) is 4.24. The number of benzene rings is 2. The van der Waals surface area contributed by atoms with Crippen molar-refractivity contribution < 1.29 is 21.6 Å². The molecule has 8 nitrogen and oxygen atoms in total. The number of sulfone groups is 1. The van der Waals surface area contributed by atoms with Gasteiger partial charge in [0.1, 0.15) is 18.2 Å². The van der Waals surface area contributed by atoms with Crippen LogP contribution in [0.2, 0.25) is 0 Å². The Morgan fingerprint density at radius 1 is 1.00 bits per heavy atom. The van der Waals surface area contributed by atoms with E-state index in [2.05, 4.69) is 25.5 Å². The Labute approximate surface area is 201 Å². The van der Waals surface area contributed by atoms with Gasteiger partial charge in [-0.2, -0.15) is 0 Å². The van der Waals surface area contributed by atoms with E-state index < -0.39 is 27.6 Å². The summed E-state index contributed by atoms with van der Waals surface area (Å²) in [6, 6.07) is 10.9. The molecule has 4 aromatic rings. The summed E-state index contributed by atoms with van der Waals surface area (Å²) in [4.78, 5) is 8.88. The molecule has 0 fully saturated rings. The Balaban J connectivity index is 1.56. The number of alkyl halides is 1. The van der Waals surface area contributed by atoms with E-state index in [4.69, 9.17) is 4.42 Å². The largest absolute Gasteiger partial charge is 0.414 e. The topological polar surface area (TPSA) is 111 Å². The summed E-state index contributed by atoms with van der Waals surface area (Å²) in [5, 5.41) is 10.2. The van der Waals surface area contributed by atoms with Crippen molar-refractivity contribution in [1.82, 2.24) is 25.5 Å². The fraction of sp³-hybridized carbons (Fsp3) is 0.250. The second kappa shape index (κ2) is 10.4.